The number of nitrogens with zero attached hydrogens (tertiary/aromatic N) is 3. The maximum absolute atomic E-state index is 5.77. The number of anilines is 2. The van der Waals surface area contributed by atoms with Gasteiger partial charge in [0.1, 0.15) is 18.0 Å². The second-order valence-electron chi connectivity index (χ2n) is 5.46. The molecule has 5 nitrogen and oxygen atoms in total. The van der Waals surface area contributed by atoms with Crippen LogP contribution in [0.4, 0.5) is 11.6 Å². The highest BCUT2D eigenvalue weighted by molar-refractivity contribution is 5.58. The van der Waals surface area contributed by atoms with E-state index in [9.17, 15) is 0 Å². The molecule has 0 radical (unpaired) electrons. The molecule has 5 heteroatoms. The Kier molecular flexibility index (Phi) is 5.17. The van der Waals surface area contributed by atoms with Crippen molar-refractivity contribution >= 4 is 11.6 Å². The standard InChI is InChI=1S/C15H26N4O/c1-5-7-16-14-12(4)15(18-10-17-14)19-8-11(3)20-9-13(19)6-2/h10-11,13H,5-9H2,1-4H3,(H,16,17,18). The van der Waals surface area contributed by atoms with Gasteiger partial charge in [0.05, 0.1) is 18.8 Å². The number of nitrogens with one attached hydrogen (secondary N) is 1. The van der Waals surface area contributed by atoms with E-state index in [-0.39, 0.29) is 6.10 Å². The van der Waals surface area contributed by atoms with Crippen LogP contribution in [0.3, 0.4) is 0 Å². The van der Waals surface area contributed by atoms with Crippen molar-refractivity contribution in [3.8, 4) is 0 Å². The Morgan fingerprint density at radius 3 is 2.90 bits per heavy atom. The Balaban J connectivity index is 2.25. The summed E-state index contributed by atoms with van der Waals surface area (Å²) in [7, 11) is 0. The van der Waals surface area contributed by atoms with Gasteiger partial charge in [-0.25, -0.2) is 9.97 Å². The van der Waals surface area contributed by atoms with Crippen LogP contribution >= 0.6 is 0 Å². The molecule has 2 unspecified atom stereocenters. The smallest absolute Gasteiger partial charge is 0.137 e. The van der Waals surface area contributed by atoms with Gasteiger partial charge in [0, 0.05) is 18.7 Å². The van der Waals surface area contributed by atoms with Crippen molar-refractivity contribution in [2.24, 2.45) is 0 Å². The fourth-order valence-corrected chi connectivity index (χ4v) is 2.59. The molecule has 1 aromatic rings. The largest absolute Gasteiger partial charge is 0.375 e. The van der Waals surface area contributed by atoms with Gasteiger partial charge in [-0.3, -0.25) is 0 Å². The molecule has 1 saturated heterocycles. The molecule has 1 aliphatic rings. The van der Waals surface area contributed by atoms with Crippen LogP contribution in [0, 0.1) is 6.92 Å². The van der Waals surface area contributed by atoms with Crippen LogP contribution in [0.5, 0.6) is 0 Å². The topological polar surface area (TPSA) is 50.3 Å². The highest BCUT2D eigenvalue weighted by Gasteiger charge is 2.28. The average molecular weight is 278 g/mol. The minimum Gasteiger partial charge on any atom is -0.375 e. The molecule has 2 atom stereocenters. The number of aromatic nitrogens is 2. The summed E-state index contributed by atoms with van der Waals surface area (Å²) < 4.78 is 5.77. The monoisotopic (exact) mass is 278 g/mol. The molecular weight excluding hydrogens is 252 g/mol. The van der Waals surface area contributed by atoms with Crippen LogP contribution in [-0.2, 0) is 4.74 Å². The van der Waals surface area contributed by atoms with Gasteiger partial charge < -0.3 is 15.0 Å². The Morgan fingerprint density at radius 2 is 2.20 bits per heavy atom. The van der Waals surface area contributed by atoms with Crippen LogP contribution in [0.2, 0.25) is 0 Å². The third kappa shape index (κ3) is 3.20. The first-order valence-electron chi connectivity index (χ1n) is 7.61. The lowest BCUT2D eigenvalue weighted by molar-refractivity contribution is 0.0295. The van der Waals surface area contributed by atoms with E-state index in [0.29, 0.717) is 6.04 Å². The van der Waals surface area contributed by atoms with Crippen molar-refractivity contribution in [1.82, 2.24) is 9.97 Å². The molecule has 1 N–H and O–H groups in total. The second kappa shape index (κ2) is 6.88. The highest BCUT2D eigenvalue weighted by atomic mass is 16.5. The molecule has 0 saturated carbocycles. The molecular formula is C15H26N4O. The van der Waals surface area contributed by atoms with E-state index in [2.05, 4.69) is 47.9 Å². The summed E-state index contributed by atoms with van der Waals surface area (Å²) >= 11 is 0. The summed E-state index contributed by atoms with van der Waals surface area (Å²) in [6.07, 6.45) is 4.06. The Labute approximate surface area is 121 Å². The quantitative estimate of drug-likeness (QED) is 0.897. The van der Waals surface area contributed by atoms with E-state index >= 15 is 0 Å². The molecule has 0 spiro atoms. The number of hydrogen-bond donors (Lipinski definition) is 1. The van der Waals surface area contributed by atoms with Gasteiger partial charge in [-0.05, 0) is 26.7 Å². The summed E-state index contributed by atoms with van der Waals surface area (Å²) in [5, 5.41) is 3.38. The number of ether oxygens (including phenoxy) is 1. The first kappa shape index (κ1) is 15.0. The summed E-state index contributed by atoms with van der Waals surface area (Å²) in [4.78, 5) is 11.3. The van der Waals surface area contributed by atoms with E-state index in [1.54, 1.807) is 6.33 Å². The molecule has 2 heterocycles. The molecule has 0 bridgehead atoms. The minimum atomic E-state index is 0.249. The van der Waals surface area contributed by atoms with Gasteiger partial charge in [-0.15, -0.1) is 0 Å². The zero-order chi connectivity index (χ0) is 14.5. The van der Waals surface area contributed by atoms with Crippen LogP contribution in [0.25, 0.3) is 0 Å². The lowest BCUT2D eigenvalue weighted by atomic mass is 10.1. The fraction of sp³-hybridized carbons (Fsp3) is 0.733. The van der Waals surface area contributed by atoms with Crippen molar-refractivity contribution in [3.63, 3.8) is 0 Å². The van der Waals surface area contributed by atoms with Gasteiger partial charge >= 0.3 is 0 Å². The van der Waals surface area contributed by atoms with E-state index in [4.69, 9.17) is 4.74 Å². The summed E-state index contributed by atoms with van der Waals surface area (Å²) in [5.41, 5.74) is 1.13. The van der Waals surface area contributed by atoms with Crippen molar-refractivity contribution < 1.29 is 4.74 Å². The van der Waals surface area contributed by atoms with E-state index in [0.717, 1.165) is 49.7 Å². The molecule has 0 amide bonds. The molecule has 1 aliphatic heterocycles. The van der Waals surface area contributed by atoms with Crippen LogP contribution in [0.1, 0.15) is 39.2 Å². The van der Waals surface area contributed by atoms with E-state index in [1.807, 2.05) is 0 Å². The Morgan fingerprint density at radius 1 is 1.40 bits per heavy atom. The number of hydrogen-bond acceptors (Lipinski definition) is 5. The predicted octanol–water partition coefficient (Wildman–Crippen LogP) is 2.61. The highest BCUT2D eigenvalue weighted by Crippen LogP contribution is 2.27. The molecule has 1 fully saturated rings. The van der Waals surface area contributed by atoms with Crippen molar-refractivity contribution in [3.05, 3.63) is 11.9 Å². The Hall–Kier alpha value is -1.36. The molecule has 112 valence electrons. The molecule has 0 aliphatic carbocycles. The van der Waals surface area contributed by atoms with Crippen LogP contribution in [-0.4, -0.2) is 41.8 Å². The van der Waals surface area contributed by atoms with Crippen LogP contribution < -0.4 is 10.2 Å². The van der Waals surface area contributed by atoms with Gasteiger partial charge in [0.25, 0.3) is 0 Å². The van der Waals surface area contributed by atoms with Crippen LogP contribution in [0.15, 0.2) is 6.33 Å². The zero-order valence-electron chi connectivity index (χ0n) is 13.0. The van der Waals surface area contributed by atoms with E-state index in [1.165, 1.54) is 0 Å². The summed E-state index contributed by atoms with van der Waals surface area (Å²) in [6, 6.07) is 0.402. The third-order valence-corrected chi connectivity index (χ3v) is 3.81. The van der Waals surface area contributed by atoms with Crippen molar-refractivity contribution in [2.45, 2.75) is 52.7 Å². The van der Waals surface area contributed by atoms with Gasteiger partial charge in [0.15, 0.2) is 0 Å². The number of morpholine rings is 1. The molecule has 1 aromatic heterocycles. The minimum absolute atomic E-state index is 0.249. The molecule has 2 rings (SSSR count). The normalized spacial score (nSPS) is 22.9. The van der Waals surface area contributed by atoms with Crippen molar-refractivity contribution in [2.75, 3.05) is 29.9 Å². The second-order valence-corrected chi connectivity index (χ2v) is 5.46. The first-order valence-corrected chi connectivity index (χ1v) is 7.61. The SMILES string of the molecule is CCCNc1ncnc(N2CC(C)OCC2CC)c1C. The van der Waals surface area contributed by atoms with E-state index < -0.39 is 0 Å². The average Bonchev–Trinajstić information content (AvgIpc) is 2.46. The predicted molar refractivity (Wildman–Crippen MR) is 82.4 cm³/mol. The maximum atomic E-state index is 5.77. The third-order valence-electron chi connectivity index (χ3n) is 3.81. The number of rotatable bonds is 5. The first-order chi connectivity index (χ1) is 9.67. The molecule has 20 heavy (non-hydrogen) atoms. The summed E-state index contributed by atoms with van der Waals surface area (Å²) in [5.74, 6) is 1.99. The maximum Gasteiger partial charge on any atom is 0.137 e. The Bertz CT molecular complexity index is 438. The lowest BCUT2D eigenvalue weighted by Crippen LogP contribution is -2.49. The van der Waals surface area contributed by atoms with Gasteiger partial charge in [-0.1, -0.05) is 13.8 Å². The van der Waals surface area contributed by atoms with Crippen molar-refractivity contribution in [1.29, 1.82) is 0 Å². The van der Waals surface area contributed by atoms with Gasteiger partial charge in [-0.2, -0.15) is 0 Å². The van der Waals surface area contributed by atoms with Gasteiger partial charge in [0.2, 0.25) is 0 Å². The zero-order valence-corrected chi connectivity index (χ0v) is 13.0. The molecule has 0 aromatic carbocycles. The fourth-order valence-electron chi connectivity index (χ4n) is 2.59. The lowest BCUT2D eigenvalue weighted by Gasteiger charge is -2.39. The summed E-state index contributed by atoms with van der Waals surface area (Å²) in [6.45, 7) is 11.2.